The van der Waals surface area contributed by atoms with E-state index in [1.165, 1.54) is 23.9 Å². The van der Waals surface area contributed by atoms with Crippen LogP contribution in [0.3, 0.4) is 0 Å². The molecule has 96 valence electrons. The van der Waals surface area contributed by atoms with Crippen molar-refractivity contribution < 1.29 is 19.5 Å². The van der Waals surface area contributed by atoms with Crippen molar-refractivity contribution in [3.8, 4) is 0 Å². The van der Waals surface area contributed by atoms with Crippen LogP contribution in [0, 0.1) is 0 Å². The van der Waals surface area contributed by atoms with Gasteiger partial charge in [-0.25, -0.2) is 9.59 Å². The zero-order chi connectivity index (χ0) is 13.0. The third kappa shape index (κ3) is 3.08. The number of urea groups is 1. The van der Waals surface area contributed by atoms with E-state index in [-0.39, 0.29) is 12.5 Å². The van der Waals surface area contributed by atoms with Crippen molar-refractivity contribution in [1.82, 2.24) is 15.1 Å². The third-order valence-corrected chi connectivity index (χ3v) is 2.77. The lowest BCUT2D eigenvalue weighted by Crippen LogP contribution is -2.48. The molecule has 1 heterocycles. The monoisotopic (exact) mass is 243 g/mol. The van der Waals surface area contributed by atoms with Crippen molar-refractivity contribution in [2.24, 2.45) is 0 Å². The highest BCUT2D eigenvalue weighted by molar-refractivity contribution is 5.86. The summed E-state index contributed by atoms with van der Waals surface area (Å²) >= 11 is 0. The Labute approximate surface area is 99.4 Å². The van der Waals surface area contributed by atoms with E-state index < -0.39 is 18.0 Å². The fourth-order valence-electron chi connectivity index (χ4n) is 1.83. The van der Waals surface area contributed by atoms with E-state index in [0.29, 0.717) is 19.4 Å². The molecule has 1 aliphatic heterocycles. The first kappa shape index (κ1) is 13.3. The largest absolute Gasteiger partial charge is 0.480 e. The number of carboxylic acid groups (broad SMARTS) is 1. The molecular weight excluding hydrogens is 226 g/mol. The molecule has 0 spiro atoms. The van der Waals surface area contributed by atoms with Gasteiger partial charge in [-0.1, -0.05) is 0 Å². The number of hydrogen-bond acceptors (Lipinski definition) is 3. The second-order valence-electron chi connectivity index (χ2n) is 4.00. The number of carbonyl (C=O) groups excluding carboxylic acids is 2. The van der Waals surface area contributed by atoms with Crippen molar-refractivity contribution in [3.05, 3.63) is 0 Å². The Morgan fingerprint density at radius 1 is 1.47 bits per heavy atom. The minimum atomic E-state index is -0.996. The Morgan fingerprint density at radius 3 is 2.65 bits per heavy atom. The Kier molecular flexibility index (Phi) is 4.30. The summed E-state index contributed by atoms with van der Waals surface area (Å²) in [4.78, 5) is 36.5. The smallest absolute Gasteiger partial charge is 0.326 e. The van der Waals surface area contributed by atoms with E-state index in [0.717, 1.165) is 0 Å². The molecule has 0 aromatic rings. The number of aliphatic carboxylic acids is 1. The number of nitrogens with zero attached hydrogens (tertiary/aromatic N) is 2. The normalized spacial score (nSPS) is 18.9. The van der Waals surface area contributed by atoms with Crippen LogP contribution in [-0.2, 0) is 9.59 Å². The SMILES string of the molecule is CNC(=O)CN(C)C(=O)N1CCCC1C(=O)O. The summed E-state index contributed by atoms with van der Waals surface area (Å²) in [6.45, 7) is 0.353. The van der Waals surface area contributed by atoms with Crippen LogP contribution in [0.25, 0.3) is 0 Å². The van der Waals surface area contributed by atoms with Gasteiger partial charge in [0.25, 0.3) is 0 Å². The number of likely N-dealkylation sites (N-methyl/N-ethyl adjacent to an activating group) is 2. The molecule has 17 heavy (non-hydrogen) atoms. The molecule has 0 saturated carbocycles. The second kappa shape index (κ2) is 5.51. The molecule has 3 amide bonds. The Balaban J connectivity index is 2.62. The zero-order valence-electron chi connectivity index (χ0n) is 9.97. The van der Waals surface area contributed by atoms with Crippen molar-refractivity contribution in [1.29, 1.82) is 0 Å². The predicted octanol–water partition coefficient (Wildman–Crippen LogP) is -0.667. The number of carboxylic acids is 1. The molecule has 0 aromatic carbocycles. The molecule has 1 rings (SSSR count). The topological polar surface area (TPSA) is 90.0 Å². The highest BCUT2D eigenvalue weighted by Crippen LogP contribution is 2.18. The molecule has 1 saturated heterocycles. The standard InChI is InChI=1S/C10H17N3O4/c1-11-8(14)6-12(2)10(17)13-5-3-4-7(13)9(15)16/h7H,3-6H2,1-2H3,(H,11,14)(H,15,16). The number of amides is 3. The van der Waals surface area contributed by atoms with E-state index in [1.54, 1.807) is 0 Å². The quantitative estimate of drug-likeness (QED) is 0.688. The van der Waals surface area contributed by atoms with Crippen molar-refractivity contribution in [2.45, 2.75) is 18.9 Å². The minimum absolute atomic E-state index is 0.0713. The predicted molar refractivity (Wildman–Crippen MR) is 59.5 cm³/mol. The van der Waals surface area contributed by atoms with Crippen LogP contribution in [0.5, 0.6) is 0 Å². The van der Waals surface area contributed by atoms with Crippen molar-refractivity contribution in [2.75, 3.05) is 27.2 Å². The molecule has 2 N–H and O–H groups in total. The lowest BCUT2D eigenvalue weighted by Gasteiger charge is -2.27. The summed E-state index contributed by atoms with van der Waals surface area (Å²) in [5.74, 6) is -1.28. The van der Waals surface area contributed by atoms with Gasteiger partial charge in [0, 0.05) is 20.6 Å². The van der Waals surface area contributed by atoms with Gasteiger partial charge in [0.15, 0.2) is 0 Å². The van der Waals surface area contributed by atoms with Gasteiger partial charge in [-0.05, 0) is 12.8 Å². The molecule has 0 bridgehead atoms. The number of likely N-dealkylation sites (tertiary alicyclic amines) is 1. The fourth-order valence-corrected chi connectivity index (χ4v) is 1.83. The summed E-state index contributed by atoms with van der Waals surface area (Å²) < 4.78 is 0. The van der Waals surface area contributed by atoms with E-state index in [4.69, 9.17) is 5.11 Å². The summed E-state index contributed by atoms with van der Waals surface area (Å²) in [6.07, 6.45) is 1.14. The average molecular weight is 243 g/mol. The first-order valence-electron chi connectivity index (χ1n) is 5.42. The Hall–Kier alpha value is -1.79. The minimum Gasteiger partial charge on any atom is -0.480 e. The van der Waals surface area contributed by atoms with Crippen molar-refractivity contribution in [3.63, 3.8) is 0 Å². The zero-order valence-corrected chi connectivity index (χ0v) is 9.97. The van der Waals surface area contributed by atoms with E-state index >= 15 is 0 Å². The van der Waals surface area contributed by atoms with Gasteiger partial charge >= 0.3 is 12.0 Å². The summed E-state index contributed by atoms with van der Waals surface area (Å²) in [7, 11) is 2.96. The lowest BCUT2D eigenvalue weighted by atomic mass is 10.2. The van der Waals surface area contributed by atoms with Gasteiger partial charge in [0.2, 0.25) is 5.91 Å². The molecule has 1 unspecified atom stereocenters. The number of nitrogens with one attached hydrogen (secondary N) is 1. The molecule has 0 radical (unpaired) electrons. The Morgan fingerprint density at radius 2 is 2.12 bits per heavy atom. The van der Waals surface area contributed by atoms with Crippen LogP contribution in [0.4, 0.5) is 4.79 Å². The molecule has 7 nitrogen and oxygen atoms in total. The fraction of sp³-hybridized carbons (Fsp3) is 0.700. The van der Waals surface area contributed by atoms with Crippen molar-refractivity contribution >= 4 is 17.9 Å². The summed E-state index contributed by atoms with van der Waals surface area (Å²) in [5.41, 5.74) is 0. The third-order valence-electron chi connectivity index (χ3n) is 2.77. The number of carbonyl (C=O) groups is 3. The van der Waals surface area contributed by atoms with Crippen LogP contribution < -0.4 is 5.32 Å². The highest BCUT2D eigenvalue weighted by Gasteiger charge is 2.35. The summed E-state index contributed by atoms with van der Waals surface area (Å²) in [6, 6.07) is -1.19. The van der Waals surface area contributed by atoms with Gasteiger partial charge in [-0.3, -0.25) is 4.79 Å². The summed E-state index contributed by atoms with van der Waals surface area (Å²) in [5, 5.41) is 11.4. The number of hydrogen-bond donors (Lipinski definition) is 2. The molecule has 1 aliphatic rings. The molecule has 0 aromatic heterocycles. The van der Waals surface area contributed by atoms with Gasteiger partial charge in [0.05, 0.1) is 0 Å². The van der Waals surface area contributed by atoms with E-state index in [1.807, 2.05) is 0 Å². The number of rotatable bonds is 3. The van der Waals surface area contributed by atoms with Crippen LogP contribution >= 0.6 is 0 Å². The highest BCUT2D eigenvalue weighted by atomic mass is 16.4. The molecule has 0 aliphatic carbocycles. The van der Waals surface area contributed by atoms with Crippen LogP contribution in [0.1, 0.15) is 12.8 Å². The maximum absolute atomic E-state index is 11.9. The molecule has 1 fully saturated rings. The average Bonchev–Trinajstić information content (AvgIpc) is 2.76. The van der Waals surface area contributed by atoms with Gasteiger partial charge in [0.1, 0.15) is 12.6 Å². The van der Waals surface area contributed by atoms with Crippen LogP contribution in [0.2, 0.25) is 0 Å². The second-order valence-corrected chi connectivity index (χ2v) is 4.00. The van der Waals surface area contributed by atoms with Gasteiger partial charge < -0.3 is 20.2 Å². The maximum atomic E-state index is 11.9. The molecule has 1 atom stereocenters. The first-order valence-corrected chi connectivity index (χ1v) is 5.42. The van der Waals surface area contributed by atoms with Gasteiger partial charge in [-0.2, -0.15) is 0 Å². The first-order chi connectivity index (χ1) is 7.97. The van der Waals surface area contributed by atoms with E-state index in [2.05, 4.69) is 5.32 Å². The maximum Gasteiger partial charge on any atom is 0.326 e. The Bertz CT molecular complexity index is 332. The molecular formula is C10H17N3O4. The van der Waals surface area contributed by atoms with Gasteiger partial charge in [-0.15, -0.1) is 0 Å². The lowest BCUT2D eigenvalue weighted by molar-refractivity contribution is -0.141. The molecule has 7 heteroatoms. The van der Waals surface area contributed by atoms with E-state index in [9.17, 15) is 14.4 Å². The van der Waals surface area contributed by atoms with Crippen LogP contribution in [0.15, 0.2) is 0 Å². The van der Waals surface area contributed by atoms with Crippen LogP contribution in [-0.4, -0.2) is 66.0 Å².